The summed E-state index contributed by atoms with van der Waals surface area (Å²) in [5.74, 6) is -1.22. The van der Waals surface area contributed by atoms with Gasteiger partial charge < -0.3 is 10.5 Å². The number of hydrogen-bond acceptors (Lipinski definition) is 11. The van der Waals surface area contributed by atoms with Crippen molar-refractivity contribution in [1.82, 2.24) is 19.6 Å². The molecule has 1 aromatic carbocycles. The number of allylic oxidation sites excluding steroid dienone is 4. The molecule has 0 radical (unpaired) electrons. The molecule has 212 valence electrons. The SMILES string of the molecule is CCCS(=O)(=O)c1ccc(S(=O)(=O)O)c(-n2ncc(C(=O)OC)c2N=Nc2c(C)nn(C3=CCCC=C3)c2N)c1. The zero-order valence-electron chi connectivity index (χ0n) is 21.8. The number of hydrogen-bond donors (Lipinski definition) is 2. The summed E-state index contributed by atoms with van der Waals surface area (Å²) in [5, 5.41) is 16.8. The van der Waals surface area contributed by atoms with E-state index in [0.29, 0.717) is 12.1 Å². The summed E-state index contributed by atoms with van der Waals surface area (Å²) < 4.78 is 67.0. The topological polar surface area (TPSA) is 201 Å². The van der Waals surface area contributed by atoms with Crippen LogP contribution in [0.1, 0.15) is 42.2 Å². The molecule has 1 aliphatic carbocycles. The summed E-state index contributed by atoms with van der Waals surface area (Å²) in [7, 11) is -7.55. The minimum atomic E-state index is -4.87. The number of nitrogens with zero attached hydrogens (tertiary/aromatic N) is 6. The first-order chi connectivity index (χ1) is 18.9. The van der Waals surface area contributed by atoms with Crippen LogP contribution in [0.2, 0.25) is 0 Å². The van der Waals surface area contributed by atoms with Crippen LogP contribution < -0.4 is 5.73 Å². The molecule has 14 nitrogen and oxygen atoms in total. The van der Waals surface area contributed by atoms with Gasteiger partial charge in [-0.2, -0.15) is 18.6 Å². The Hall–Kier alpha value is -4.15. The number of aromatic nitrogens is 4. The Morgan fingerprint density at radius 3 is 2.55 bits per heavy atom. The van der Waals surface area contributed by atoms with Crippen molar-refractivity contribution < 1.29 is 30.9 Å². The fourth-order valence-corrected chi connectivity index (χ4v) is 6.03. The first-order valence-electron chi connectivity index (χ1n) is 12.0. The van der Waals surface area contributed by atoms with Crippen molar-refractivity contribution in [3.8, 4) is 5.69 Å². The number of carbonyl (C=O) groups is 1. The minimum Gasteiger partial charge on any atom is -0.465 e. The minimum absolute atomic E-state index is 0.163. The van der Waals surface area contributed by atoms with Crippen LogP contribution in [0.25, 0.3) is 11.4 Å². The van der Waals surface area contributed by atoms with E-state index in [9.17, 15) is 26.2 Å². The Balaban J connectivity index is 1.92. The number of nitrogens with two attached hydrogens (primary N) is 1. The van der Waals surface area contributed by atoms with Gasteiger partial charge in [-0.3, -0.25) is 4.55 Å². The number of anilines is 1. The van der Waals surface area contributed by atoms with Crippen LogP contribution in [0.3, 0.4) is 0 Å². The molecule has 3 aromatic rings. The van der Waals surface area contributed by atoms with Gasteiger partial charge in [-0.1, -0.05) is 19.1 Å². The lowest BCUT2D eigenvalue weighted by Gasteiger charge is -2.12. The zero-order valence-corrected chi connectivity index (χ0v) is 23.5. The van der Waals surface area contributed by atoms with Gasteiger partial charge in [0.05, 0.1) is 41.0 Å². The molecule has 1 aliphatic rings. The van der Waals surface area contributed by atoms with E-state index in [4.69, 9.17) is 10.5 Å². The summed E-state index contributed by atoms with van der Waals surface area (Å²) in [6.45, 7) is 3.34. The molecule has 0 aliphatic heterocycles. The average molecular weight is 590 g/mol. The molecule has 0 fully saturated rings. The van der Waals surface area contributed by atoms with Crippen molar-refractivity contribution >= 4 is 48.9 Å². The molecule has 0 unspecified atom stereocenters. The first kappa shape index (κ1) is 28.8. The van der Waals surface area contributed by atoms with Gasteiger partial charge in [-0.05, 0) is 50.5 Å². The fraction of sp³-hybridized carbons (Fsp3) is 0.292. The van der Waals surface area contributed by atoms with Crippen molar-refractivity contribution in [3.63, 3.8) is 0 Å². The highest BCUT2D eigenvalue weighted by atomic mass is 32.2. The third-order valence-corrected chi connectivity index (χ3v) is 8.76. The summed E-state index contributed by atoms with van der Waals surface area (Å²) in [6.07, 6.45) is 8.88. The second kappa shape index (κ2) is 11.1. The molecule has 16 heteroatoms. The van der Waals surface area contributed by atoms with Crippen LogP contribution in [0.15, 0.2) is 62.6 Å². The molecule has 0 bridgehead atoms. The number of benzene rings is 1. The molecule has 0 saturated heterocycles. The number of esters is 1. The van der Waals surface area contributed by atoms with Gasteiger partial charge >= 0.3 is 5.97 Å². The van der Waals surface area contributed by atoms with E-state index in [1.807, 2.05) is 18.2 Å². The normalized spacial score (nSPS) is 14.1. The van der Waals surface area contributed by atoms with Crippen molar-refractivity contribution in [2.45, 2.75) is 42.9 Å². The van der Waals surface area contributed by atoms with Gasteiger partial charge in [0.25, 0.3) is 10.1 Å². The molecule has 0 atom stereocenters. The molecule has 0 saturated carbocycles. The van der Waals surface area contributed by atoms with E-state index in [0.717, 1.165) is 54.7 Å². The van der Waals surface area contributed by atoms with Gasteiger partial charge in [0.2, 0.25) is 0 Å². The number of methoxy groups -OCH3 is 1. The molecule has 40 heavy (non-hydrogen) atoms. The van der Waals surface area contributed by atoms with E-state index < -0.39 is 30.8 Å². The molecule has 0 spiro atoms. The van der Waals surface area contributed by atoms with Crippen molar-refractivity contribution in [1.29, 1.82) is 0 Å². The monoisotopic (exact) mass is 589 g/mol. The third-order valence-electron chi connectivity index (χ3n) is 5.95. The zero-order chi connectivity index (χ0) is 29.2. The van der Waals surface area contributed by atoms with Crippen molar-refractivity contribution in [2.75, 3.05) is 18.6 Å². The maximum atomic E-state index is 12.7. The molecular formula is C24H27N7O7S2. The van der Waals surface area contributed by atoms with E-state index in [1.165, 1.54) is 4.68 Å². The molecule has 4 rings (SSSR count). The Kier molecular flexibility index (Phi) is 8.04. The largest absolute Gasteiger partial charge is 0.465 e. The Labute approximate surface area is 230 Å². The molecule has 0 amide bonds. The number of sulfone groups is 1. The van der Waals surface area contributed by atoms with Crippen molar-refractivity contribution in [2.24, 2.45) is 10.2 Å². The second-order valence-electron chi connectivity index (χ2n) is 8.75. The van der Waals surface area contributed by atoms with Crippen LogP contribution in [-0.2, 0) is 24.7 Å². The lowest BCUT2D eigenvalue weighted by molar-refractivity contribution is 0.0601. The van der Waals surface area contributed by atoms with E-state index >= 15 is 0 Å². The van der Waals surface area contributed by atoms with Crippen LogP contribution in [0.5, 0.6) is 0 Å². The summed E-state index contributed by atoms with van der Waals surface area (Å²) in [6, 6.07) is 3.03. The predicted molar refractivity (Wildman–Crippen MR) is 145 cm³/mol. The highest BCUT2D eigenvalue weighted by molar-refractivity contribution is 7.91. The van der Waals surface area contributed by atoms with Gasteiger partial charge in [0, 0.05) is 0 Å². The fourth-order valence-electron chi connectivity index (χ4n) is 4.04. The molecule has 3 N–H and O–H groups in total. The smallest absolute Gasteiger partial charge is 0.343 e. The standard InChI is InChI=1S/C24H27N7O7S2/c1-4-12-39(33,34)17-10-11-20(40(35,36)37)19(13-17)31-23(18(14-26-31)24(32)38-3)28-27-21-15(2)29-30(22(21)25)16-8-6-5-7-9-16/h6,8-11,13-14H,4-5,7,12,25H2,1-3H3,(H,35,36,37). The van der Waals surface area contributed by atoms with Crippen molar-refractivity contribution in [3.05, 3.63) is 53.9 Å². The highest BCUT2D eigenvalue weighted by Gasteiger charge is 2.27. The lowest BCUT2D eigenvalue weighted by atomic mass is 10.1. The Morgan fingerprint density at radius 1 is 1.18 bits per heavy atom. The predicted octanol–water partition coefficient (Wildman–Crippen LogP) is 3.78. The summed E-state index contributed by atoms with van der Waals surface area (Å²) in [5.41, 5.74) is 7.06. The molecule has 2 aromatic heterocycles. The second-order valence-corrected chi connectivity index (χ2v) is 12.2. The van der Waals surface area contributed by atoms with Crippen LogP contribution in [0, 0.1) is 6.92 Å². The van der Waals surface area contributed by atoms with Gasteiger partial charge in [0.1, 0.15) is 10.5 Å². The Bertz CT molecular complexity index is 1780. The number of ether oxygens (including phenoxy) is 1. The lowest BCUT2D eigenvalue weighted by Crippen LogP contribution is -2.11. The average Bonchev–Trinajstić information content (AvgIpc) is 3.46. The van der Waals surface area contributed by atoms with E-state index in [1.54, 1.807) is 13.8 Å². The summed E-state index contributed by atoms with van der Waals surface area (Å²) >= 11 is 0. The molecular weight excluding hydrogens is 562 g/mol. The van der Waals surface area contributed by atoms with E-state index in [-0.39, 0.29) is 39.2 Å². The van der Waals surface area contributed by atoms with Gasteiger partial charge in [0.15, 0.2) is 27.2 Å². The number of rotatable bonds is 9. The van der Waals surface area contributed by atoms with Crippen LogP contribution in [0.4, 0.5) is 17.3 Å². The van der Waals surface area contributed by atoms with E-state index in [2.05, 4.69) is 20.4 Å². The number of aryl methyl sites for hydroxylation is 1. The number of carbonyl (C=O) groups excluding carboxylic acids is 1. The number of nitrogen functional groups attached to an aromatic ring is 1. The number of azo groups is 1. The molecule has 2 heterocycles. The maximum Gasteiger partial charge on any atom is 0.343 e. The van der Waals surface area contributed by atoms with Gasteiger partial charge in [-0.15, -0.1) is 10.2 Å². The first-order valence-corrected chi connectivity index (χ1v) is 15.1. The maximum absolute atomic E-state index is 12.7. The summed E-state index contributed by atoms with van der Waals surface area (Å²) in [4.78, 5) is 11.6. The quantitative estimate of drug-likeness (QED) is 0.210. The van der Waals surface area contributed by atoms with Gasteiger partial charge in [-0.25, -0.2) is 22.6 Å². The Morgan fingerprint density at radius 2 is 1.93 bits per heavy atom. The van der Waals surface area contributed by atoms with Crippen LogP contribution in [-0.4, -0.2) is 59.8 Å². The third kappa shape index (κ3) is 5.59. The highest BCUT2D eigenvalue weighted by Crippen LogP contribution is 2.34. The van der Waals surface area contributed by atoms with Crippen LogP contribution >= 0.6 is 0 Å².